The number of nitrogens with one attached hydrogen (secondary N) is 3. The smallest absolute Gasteiger partial charge is 0.407 e. The number of carboxylic acids is 1. The third kappa shape index (κ3) is 10.7. The van der Waals surface area contributed by atoms with Crippen molar-refractivity contribution in [1.82, 2.24) is 30.2 Å². The highest BCUT2D eigenvalue weighted by molar-refractivity contribution is 7.71. The number of H-pyrrole nitrogens is 1. The number of nitrogen functional groups attached to an aromatic ring is 1. The molecule has 3 aliphatic rings. The predicted molar refractivity (Wildman–Crippen MR) is 213 cm³/mol. The number of carbonyl (C=O) groups excluding carboxylic acids is 2. The summed E-state index contributed by atoms with van der Waals surface area (Å²) in [7, 11) is -18.3. The summed E-state index contributed by atoms with van der Waals surface area (Å²) in [4.78, 5) is 92.8. The van der Waals surface area contributed by atoms with E-state index in [9.17, 15) is 63.2 Å². The molecule has 4 heterocycles. The van der Waals surface area contributed by atoms with Crippen molar-refractivity contribution in [1.29, 1.82) is 0 Å². The van der Waals surface area contributed by atoms with Crippen molar-refractivity contribution in [2.45, 2.75) is 30.6 Å². The molecule has 4 aromatic rings. The van der Waals surface area contributed by atoms with Crippen molar-refractivity contribution in [3.8, 4) is 11.5 Å². The largest absolute Gasteiger partial charge is 0.756 e. The second-order valence-corrected chi connectivity index (χ2v) is 18.4. The fourth-order valence-corrected chi connectivity index (χ4v) is 9.94. The van der Waals surface area contributed by atoms with Gasteiger partial charge in [-0.25, -0.2) is 28.2 Å². The maximum Gasteiger partial charge on any atom is 0.407 e. The highest BCUT2D eigenvalue weighted by Gasteiger charge is 2.48. The molecule has 2 aromatic carbocycles. The first-order chi connectivity index (χ1) is 30.5. The number of nitrogens with zero attached hydrogens (tertiary/aromatic N) is 3. The molecule has 65 heavy (non-hydrogen) atoms. The van der Waals surface area contributed by atoms with Gasteiger partial charge in [-0.2, -0.15) is 0 Å². The molecule has 2 aliphatic heterocycles. The van der Waals surface area contributed by atoms with E-state index in [1.54, 1.807) is 6.08 Å². The Balaban J connectivity index is 1.03. The molecule has 0 spiro atoms. The molecule has 1 saturated heterocycles. The second-order valence-electron chi connectivity index (χ2n) is 13.7. The number of aromatic hydroxyl groups is 1. The number of fused-ring (bicyclic) bond motifs is 3. The molecule has 7 rings (SSSR count). The molecular weight excluding hydrogens is 951 g/mol. The molecule has 0 bridgehead atoms. The van der Waals surface area contributed by atoms with Gasteiger partial charge >= 0.3 is 12.1 Å². The summed E-state index contributed by atoms with van der Waals surface area (Å²) in [5.41, 5.74) is 7.03. The Labute approximate surface area is 367 Å². The van der Waals surface area contributed by atoms with Crippen molar-refractivity contribution in [2.24, 2.45) is 0 Å². The number of hydrogen-bond donors (Lipinski definition) is 9. The van der Waals surface area contributed by atoms with Crippen LogP contribution >= 0.6 is 35.7 Å². The zero-order valence-electron chi connectivity index (χ0n) is 32.3. The van der Waals surface area contributed by atoms with E-state index in [1.165, 1.54) is 42.5 Å². The first-order valence-corrected chi connectivity index (χ1v) is 23.0. The van der Waals surface area contributed by atoms with E-state index in [4.69, 9.17) is 37.1 Å². The van der Waals surface area contributed by atoms with Gasteiger partial charge in [0.25, 0.3) is 29.4 Å². The Morgan fingerprint density at radius 2 is 1.72 bits per heavy atom. The summed E-state index contributed by atoms with van der Waals surface area (Å²) in [6.45, 7) is -1.85. The third-order valence-corrected chi connectivity index (χ3v) is 13.4. The van der Waals surface area contributed by atoms with Crippen molar-refractivity contribution in [3.63, 3.8) is 0 Å². The number of hydrogen-bond acceptors (Lipinski definition) is 22. The number of phenols is 1. The van der Waals surface area contributed by atoms with E-state index >= 15 is 0 Å². The predicted octanol–water partition coefficient (Wildman–Crippen LogP) is 0.280. The van der Waals surface area contributed by atoms with Crippen molar-refractivity contribution >= 4 is 76.3 Å². The number of nitrogens with two attached hydrogens (primary N) is 1. The number of aliphatic hydroxyl groups excluding tert-OH is 2. The SMILES string of the molecule is Nc1nc(=S)c2ncn([C@@H]3O[C@H](COP(=O)([O-])OP(=O)([O-])OP(=O)([O-])O)C(O)[C@@H]3OC(=O)NCCNC(=O)c3ccc(C4=C5C=CC(O)=CC5Oc5cc(O)ccc54)c(C(=O)O)c3)c2[nH]1. The minimum Gasteiger partial charge on any atom is -0.756 e. The van der Waals surface area contributed by atoms with Crippen LogP contribution in [-0.2, 0) is 36.3 Å². The molecule has 8 atom stereocenters. The lowest BCUT2D eigenvalue weighted by atomic mass is 9.83. The van der Waals surface area contributed by atoms with Crippen LogP contribution in [0.15, 0.2) is 72.3 Å². The number of phosphoric acid groups is 3. The number of rotatable bonds is 15. The van der Waals surface area contributed by atoms with Gasteiger partial charge in [0.15, 0.2) is 22.9 Å². The molecule has 1 fully saturated rings. The molecule has 31 heteroatoms. The van der Waals surface area contributed by atoms with E-state index in [0.29, 0.717) is 16.7 Å². The number of anilines is 1. The quantitative estimate of drug-likeness (QED) is 0.0439. The number of carboxylic acid groups (broad SMARTS) is 1. The lowest BCUT2D eigenvalue weighted by molar-refractivity contribution is -0.250. The molecule has 2 aromatic heterocycles. The van der Waals surface area contributed by atoms with Crippen LogP contribution in [0.3, 0.4) is 0 Å². The summed E-state index contributed by atoms with van der Waals surface area (Å²) in [6.07, 6.45) is -3.71. The number of allylic oxidation sites excluding steroid dienone is 1. The third-order valence-electron chi connectivity index (χ3n) is 9.40. The molecule has 2 amide bonds. The van der Waals surface area contributed by atoms with Gasteiger partial charge in [0, 0.05) is 47.5 Å². The van der Waals surface area contributed by atoms with Crippen LogP contribution < -0.4 is 35.8 Å². The summed E-state index contributed by atoms with van der Waals surface area (Å²) in [6, 6.07) is 8.17. The average molecular weight is 983 g/mol. The van der Waals surface area contributed by atoms with Gasteiger partial charge < -0.3 is 80.1 Å². The summed E-state index contributed by atoms with van der Waals surface area (Å²) >= 11 is 5.17. The Kier molecular flexibility index (Phi) is 13.2. The first-order valence-electron chi connectivity index (χ1n) is 18.2. The molecular formula is C34H31N7O20P3S-3. The number of aliphatic hydroxyl groups is 2. The number of aromatic amines is 1. The van der Waals surface area contributed by atoms with Gasteiger partial charge in [0.05, 0.1) is 18.5 Å². The Hall–Kier alpha value is -5.83. The van der Waals surface area contributed by atoms with Crippen LogP contribution in [0, 0.1) is 4.64 Å². The van der Waals surface area contributed by atoms with Crippen LogP contribution in [0.5, 0.6) is 11.5 Å². The zero-order valence-corrected chi connectivity index (χ0v) is 35.8. The Bertz CT molecular complexity index is 2920. The number of phosphoric ester groups is 1. The number of aromatic carboxylic acids is 1. The van der Waals surface area contributed by atoms with E-state index in [0.717, 1.165) is 17.0 Å². The highest BCUT2D eigenvalue weighted by Crippen LogP contribution is 2.61. The van der Waals surface area contributed by atoms with E-state index in [1.807, 2.05) is 0 Å². The van der Waals surface area contributed by atoms with Crippen molar-refractivity contribution in [3.05, 3.63) is 99.2 Å². The molecule has 27 nitrogen and oxygen atoms in total. The number of imidazole rings is 1. The minimum absolute atomic E-state index is 0.0214. The van der Waals surface area contributed by atoms with Gasteiger partial charge in [-0.15, -0.1) is 0 Å². The summed E-state index contributed by atoms with van der Waals surface area (Å²) in [5.74, 6) is -2.36. The van der Waals surface area contributed by atoms with Gasteiger partial charge in [-0.1, -0.05) is 24.4 Å². The molecule has 0 radical (unpaired) electrons. The molecule has 10 N–H and O–H groups in total. The zero-order chi connectivity index (χ0) is 47.2. The minimum atomic E-state index is -6.27. The number of carbonyl (C=O) groups is 3. The lowest BCUT2D eigenvalue weighted by Gasteiger charge is -2.33. The summed E-state index contributed by atoms with van der Waals surface area (Å²) < 4.78 is 64.1. The van der Waals surface area contributed by atoms with Crippen molar-refractivity contribution < 1.29 is 95.4 Å². The number of benzene rings is 2. The number of ether oxygens (including phenoxy) is 3. The first kappa shape index (κ1) is 47.1. The van der Waals surface area contributed by atoms with Crippen LogP contribution in [0.1, 0.15) is 38.1 Å². The van der Waals surface area contributed by atoms with Crippen LogP contribution in [0.25, 0.3) is 16.7 Å². The van der Waals surface area contributed by atoms with Crippen LogP contribution in [0.4, 0.5) is 10.7 Å². The number of aromatic nitrogens is 4. The van der Waals surface area contributed by atoms with E-state index in [2.05, 4.69) is 38.7 Å². The average Bonchev–Trinajstić information content (AvgIpc) is 3.75. The number of phenolic OH excluding ortho intramolecular Hbond substituents is 1. The van der Waals surface area contributed by atoms with E-state index in [-0.39, 0.29) is 68.8 Å². The second kappa shape index (κ2) is 18.2. The van der Waals surface area contributed by atoms with Gasteiger partial charge in [-0.3, -0.25) is 23.1 Å². The molecule has 1 aliphatic carbocycles. The van der Waals surface area contributed by atoms with Crippen LogP contribution in [0.2, 0.25) is 0 Å². The molecule has 0 saturated carbocycles. The Morgan fingerprint density at radius 3 is 2.45 bits per heavy atom. The summed E-state index contributed by atoms with van der Waals surface area (Å²) in [5, 5.41) is 46.4. The van der Waals surface area contributed by atoms with Gasteiger partial charge in [0.1, 0.15) is 46.7 Å². The number of amides is 2. The molecule has 346 valence electrons. The monoisotopic (exact) mass is 982 g/mol. The molecule has 5 unspecified atom stereocenters. The van der Waals surface area contributed by atoms with Gasteiger partial charge in [-0.05, 0) is 35.9 Å². The van der Waals surface area contributed by atoms with Crippen LogP contribution in [-0.4, -0.2) is 107 Å². The fraction of sp³-hybridized carbons (Fsp3) is 0.235. The van der Waals surface area contributed by atoms with Gasteiger partial charge in [0.2, 0.25) is 0 Å². The standard InChI is InChI=1S/C34H34N7O20P3S/c35-33-39-28-25(30(65)40-33)38-13-41(28)31-27(26(44)23(58-31)12-56-63(52,53)61-64(54,55)60-62(49,50)51)59-34(48)37-8-7-36-29(45)14-1-4-17(20(9-14)32(46)47)24-18-5-2-15(42)10-21(18)57-22-11-16(43)3-6-19(22)24/h1-6,9-11,13,21,23,26-27,31,42-44H,7-8,12H2,(H,36,45)(H,37,48)(H,46,47)(H,52,53)(H,54,55)(H2,49,50,51)(H3,35,39,40,65)/p-3/t21?,23-,26?,27+,31-/m1/s1. The number of alkyl carbamates (subject to hydrolysis) is 1. The van der Waals surface area contributed by atoms with E-state index < -0.39 is 78.7 Å². The van der Waals surface area contributed by atoms with Crippen molar-refractivity contribution in [2.75, 3.05) is 25.4 Å². The fourth-order valence-electron chi connectivity index (χ4n) is 6.79. The highest BCUT2D eigenvalue weighted by atomic mass is 32.1. The lowest BCUT2D eigenvalue weighted by Crippen LogP contribution is -2.41. The topological polar surface area (TPSA) is 425 Å². The normalized spacial score (nSPS) is 22.9. The maximum absolute atomic E-state index is 13.2. The Morgan fingerprint density at radius 1 is 1.00 bits per heavy atom. The maximum atomic E-state index is 13.2.